The van der Waals surface area contributed by atoms with E-state index < -0.39 is 0 Å². The molecule has 0 bridgehead atoms. The maximum atomic E-state index is 12.8. The Morgan fingerprint density at radius 2 is 1.97 bits per heavy atom. The standard InChI is InChI=1S/C25H29N7O2/c1-31-8-6-19(7-9-31)28-25(33)16-4-5-20(23(11-16)34-3)30-24-12-22-17(13-26-24)10-21(29-22)18-14-27-32(2)15-18/h4-5,10-15,19,29H,6-9H2,1-3H3,(H,26,30)(H,28,33). The number of likely N-dealkylation sites (tertiary alicyclic amines) is 1. The second kappa shape index (κ2) is 9.18. The van der Waals surface area contributed by atoms with Gasteiger partial charge in [-0.25, -0.2) is 4.98 Å². The van der Waals surface area contributed by atoms with Crippen LogP contribution in [0.2, 0.25) is 0 Å². The fourth-order valence-corrected chi connectivity index (χ4v) is 4.31. The van der Waals surface area contributed by atoms with E-state index in [2.05, 4.69) is 43.7 Å². The number of ether oxygens (including phenoxy) is 1. The third-order valence-electron chi connectivity index (χ3n) is 6.30. The van der Waals surface area contributed by atoms with E-state index in [0.717, 1.165) is 53.8 Å². The maximum Gasteiger partial charge on any atom is 0.251 e. The quantitative estimate of drug-likeness (QED) is 0.408. The van der Waals surface area contributed by atoms with Gasteiger partial charge in [-0.1, -0.05) is 0 Å². The first-order chi connectivity index (χ1) is 16.5. The van der Waals surface area contributed by atoms with E-state index in [1.165, 1.54) is 0 Å². The van der Waals surface area contributed by atoms with Gasteiger partial charge in [0.2, 0.25) is 0 Å². The Kier molecular flexibility index (Phi) is 5.93. The molecular weight excluding hydrogens is 430 g/mol. The Labute approximate surface area is 198 Å². The van der Waals surface area contributed by atoms with E-state index in [1.54, 1.807) is 17.9 Å². The maximum absolute atomic E-state index is 12.8. The molecule has 1 amide bonds. The van der Waals surface area contributed by atoms with Crippen molar-refractivity contribution in [1.29, 1.82) is 0 Å². The minimum atomic E-state index is -0.0757. The van der Waals surface area contributed by atoms with Crippen LogP contribution in [0.25, 0.3) is 22.2 Å². The summed E-state index contributed by atoms with van der Waals surface area (Å²) < 4.78 is 7.34. The molecule has 1 aliphatic rings. The molecule has 1 aliphatic heterocycles. The number of hydrogen-bond acceptors (Lipinski definition) is 6. The molecule has 9 heteroatoms. The Morgan fingerprint density at radius 3 is 2.71 bits per heavy atom. The Balaban J connectivity index is 1.32. The number of carbonyl (C=O) groups is 1. The monoisotopic (exact) mass is 459 g/mol. The first-order valence-corrected chi connectivity index (χ1v) is 11.4. The van der Waals surface area contributed by atoms with Crippen molar-refractivity contribution in [3.05, 3.63) is 54.5 Å². The highest BCUT2D eigenvalue weighted by Crippen LogP contribution is 2.30. The highest BCUT2D eigenvalue weighted by Gasteiger charge is 2.20. The minimum Gasteiger partial charge on any atom is -0.495 e. The van der Waals surface area contributed by atoms with Gasteiger partial charge < -0.3 is 25.3 Å². The smallest absolute Gasteiger partial charge is 0.251 e. The molecule has 0 spiro atoms. The van der Waals surface area contributed by atoms with Crippen LogP contribution in [0, 0.1) is 0 Å². The Hall–Kier alpha value is -3.85. The fraction of sp³-hybridized carbons (Fsp3) is 0.320. The summed E-state index contributed by atoms with van der Waals surface area (Å²) in [4.78, 5) is 23.0. The first-order valence-electron chi connectivity index (χ1n) is 11.4. The summed E-state index contributed by atoms with van der Waals surface area (Å²) in [7, 11) is 5.60. The van der Waals surface area contributed by atoms with E-state index in [-0.39, 0.29) is 11.9 Å². The van der Waals surface area contributed by atoms with Gasteiger partial charge in [0.15, 0.2) is 0 Å². The predicted molar refractivity (Wildman–Crippen MR) is 133 cm³/mol. The molecule has 0 saturated carbocycles. The van der Waals surface area contributed by atoms with Crippen LogP contribution in [0.5, 0.6) is 5.75 Å². The van der Waals surface area contributed by atoms with Gasteiger partial charge >= 0.3 is 0 Å². The average molecular weight is 460 g/mol. The Bertz CT molecular complexity index is 1320. The van der Waals surface area contributed by atoms with Crippen molar-refractivity contribution in [2.75, 3.05) is 32.6 Å². The Morgan fingerprint density at radius 1 is 1.15 bits per heavy atom. The van der Waals surface area contributed by atoms with Crippen LogP contribution in [0.1, 0.15) is 23.2 Å². The largest absolute Gasteiger partial charge is 0.495 e. The molecule has 176 valence electrons. The number of fused-ring (bicyclic) bond motifs is 1. The number of carbonyl (C=O) groups excluding carboxylic acids is 1. The van der Waals surface area contributed by atoms with E-state index in [0.29, 0.717) is 17.1 Å². The molecule has 1 aromatic carbocycles. The molecule has 0 atom stereocenters. The van der Waals surface area contributed by atoms with Crippen molar-refractivity contribution in [2.45, 2.75) is 18.9 Å². The van der Waals surface area contributed by atoms with Crippen molar-refractivity contribution in [3.63, 3.8) is 0 Å². The van der Waals surface area contributed by atoms with Crippen LogP contribution in [0.15, 0.2) is 48.9 Å². The zero-order valence-corrected chi connectivity index (χ0v) is 19.6. The molecule has 4 aromatic rings. The number of aromatic nitrogens is 4. The van der Waals surface area contributed by atoms with E-state index in [9.17, 15) is 4.79 Å². The number of piperidine rings is 1. The van der Waals surface area contributed by atoms with E-state index >= 15 is 0 Å². The lowest BCUT2D eigenvalue weighted by Crippen LogP contribution is -2.43. The topological polar surface area (TPSA) is 100 Å². The number of methoxy groups -OCH3 is 1. The number of benzene rings is 1. The number of pyridine rings is 1. The summed E-state index contributed by atoms with van der Waals surface area (Å²) in [5.41, 5.74) is 4.28. The number of nitrogens with one attached hydrogen (secondary N) is 3. The van der Waals surface area contributed by atoms with Crippen molar-refractivity contribution in [3.8, 4) is 17.0 Å². The number of anilines is 2. The van der Waals surface area contributed by atoms with E-state index in [1.807, 2.05) is 43.8 Å². The lowest BCUT2D eigenvalue weighted by molar-refractivity contribution is 0.0916. The van der Waals surface area contributed by atoms with Crippen molar-refractivity contribution < 1.29 is 9.53 Å². The lowest BCUT2D eigenvalue weighted by Gasteiger charge is -2.29. The molecule has 5 rings (SSSR count). The molecule has 3 aromatic heterocycles. The second-order valence-electron chi connectivity index (χ2n) is 8.83. The number of nitrogens with zero attached hydrogens (tertiary/aromatic N) is 4. The predicted octanol–water partition coefficient (Wildman–Crippen LogP) is 3.54. The summed E-state index contributed by atoms with van der Waals surface area (Å²) in [6.45, 7) is 2.00. The zero-order chi connectivity index (χ0) is 23.7. The van der Waals surface area contributed by atoms with Crippen molar-refractivity contribution in [1.82, 2.24) is 30.0 Å². The van der Waals surface area contributed by atoms with Crippen molar-refractivity contribution >= 4 is 28.3 Å². The molecule has 1 fully saturated rings. The zero-order valence-electron chi connectivity index (χ0n) is 19.6. The van der Waals surface area contributed by atoms with Gasteiger partial charge in [0.1, 0.15) is 11.6 Å². The van der Waals surface area contributed by atoms with E-state index in [4.69, 9.17) is 4.74 Å². The van der Waals surface area contributed by atoms with Gasteiger partial charge in [-0.05, 0) is 57.2 Å². The van der Waals surface area contributed by atoms with Gasteiger partial charge in [0.25, 0.3) is 5.91 Å². The third kappa shape index (κ3) is 4.60. The van der Waals surface area contributed by atoms with Gasteiger partial charge in [0, 0.05) is 53.8 Å². The average Bonchev–Trinajstić information content (AvgIpc) is 3.46. The van der Waals surface area contributed by atoms with Gasteiger partial charge in [-0.2, -0.15) is 5.10 Å². The minimum absolute atomic E-state index is 0.0757. The van der Waals surface area contributed by atoms with Crippen molar-refractivity contribution in [2.24, 2.45) is 7.05 Å². The summed E-state index contributed by atoms with van der Waals surface area (Å²) in [5.74, 6) is 1.18. The van der Waals surface area contributed by atoms with Crippen LogP contribution in [-0.4, -0.2) is 63.8 Å². The van der Waals surface area contributed by atoms with Gasteiger partial charge in [-0.15, -0.1) is 0 Å². The fourth-order valence-electron chi connectivity index (χ4n) is 4.31. The van der Waals surface area contributed by atoms with Gasteiger partial charge in [0.05, 0.1) is 24.5 Å². The molecule has 9 nitrogen and oxygen atoms in total. The summed E-state index contributed by atoms with van der Waals surface area (Å²) in [5, 5.41) is 11.7. The van der Waals surface area contributed by atoms with Crippen LogP contribution < -0.4 is 15.4 Å². The van der Waals surface area contributed by atoms with Crippen LogP contribution in [-0.2, 0) is 7.05 Å². The molecule has 3 N–H and O–H groups in total. The molecule has 0 radical (unpaired) electrons. The second-order valence-corrected chi connectivity index (χ2v) is 8.83. The number of hydrogen-bond donors (Lipinski definition) is 3. The summed E-state index contributed by atoms with van der Waals surface area (Å²) >= 11 is 0. The van der Waals surface area contributed by atoms with Crippen LogP contribution >= 0.6 is 0 Å². The molecule has 0 aliphatic carbocycles. The summed E-state index contributed by atoms with van der Waals surface area (Å²) in [6, 6.07) is 9.64. The SMILES string of the molecule is COc1cc(C(=O)NC2CCN(C)CC2)ccc1Nc1cc2[nH]c(-c3cnn(C)c3)cc2cn1. The number of aryl methyl sites for hydroxylation is 1. The molecule has 4 heterocycles. The summed E-state index contributed by atoms with van der Waals surface area (Å²) in [6.07, 6.45) is 7.55. The lowest BCUT2D eigenvalue weighted by atomic mass is 10.0. The molecular formula is C25H29N7O2. The number of rotatable bonds is 6. The molecule has 1 saturated heterocycles. The van der Waals surface area contributed by atoms with Gasteiger partial charge in [-0.3, -0.25) is 9.48 Å². The highest BCUT2D eigenvalue weighted by atomic mass is 16.5. The first kappa shape index (κ1) is 22.0. The third-order valence-corrected chi connectivity index (χ3v) is 6.30. The van der Waals surface area contributed by atoms with Crippen LogP contribution in [0.3, 0.4) is 0 Å². The normalized spacial score (nSPS) is 14.9. The molecule has 34 heavy (non-hydrogen) atoms. The number of aromatic amines is 1. The van der Waals surface area contributed by atoms with Crippen LogP contribution in [0.4, 0.5) is 11.5 Å². The highest BCUT2D eigenvalue weighted by molar-refractivity contribution is 5.95. The molecule has 0 unspecified atom stereocenters. The number of amides is 1. The number of H-pyrrole nitrogens is 1.